The van der Waals surface area contributed by atoms with Crippen LogP contribution in [0.25, 0.3) is 10.2 Å². The Hall–Kier alpha value is -1.70. The molecule has 1 atom stereocenters. The van der Waals surface area contributed by atoms with E-state index in [4.69, 9.17) is 4.74 Å². The Bertz CT molecular complexity index is 901. The topological polar surface area (TPSA) is 57.0 Å². The van der Waals surface area contributed by atoms with Crippen LogP contribution in [-0.2, 0) is 4.74 Å². The zero-order valence-corrected chi connectivity index (χ0v) is 16.4. The Balaban J connectivity index is 1.78. The minimum absolute atomic E-state index is 0.121. The zero-order valence-electron chi connectivity index (χ0n) is 14.8. The van der Waals surface area contributed by atoms with Crippen LogP contribution in [0.5, 0.6) is 0 Å². The number of fused-ring (bicyclic) bond motifs is 1. The standard InChI is InChI=1S/C18H21N3O2S2/c1-11-7-15(13(3)21(11)12(2)8-23-4)16(22)9-25-18-14-5-6-24-17(14)19-10-20-18/h5-7,10,12H,8-9H2,1-4H3/t12-/m0/s1. The van der Waals surface area contributed by atoms with Gasteiger partial charge in [-0.2, -0.15) is 0 Å². The molecule has 0 radical (unpaired) electrons. The van der Waals surface area contributed by atoms with E-state index in [1.165, 1.54) is 11.8 Å². The number of hydrogen-bond donors (Lipinski definition) is 0. The number of hydrogen-bond acceptors (Lipinski definition) is 6. The van der Waals surface area contributed by atoms with Crippen molar-refractivity contribution in [1.29, 1.82) is 0 Å². The van der Waals surface area contributed by atoms with Crippen molar-refractivity contribution >= 4 is 39.1 Å². The predicted octanol–water partition coefficient (Wildman–Crippen LogP) is 4.29. The van der Waals surface area contributed by atoms with Gasteiger partial charge < -0.3 is 9.30 Å². The van der Waals surface area contributed by atoms with E-state index in [0.29, 0.717) is 12.4 Å². The maximum absolute atomic E-state index is 12.8. The van der Waals surface area contributed by atoms with Crippen molar-refractivity contribution in [2.45, 2.75) is 31.8 Å². The molecule has 0 bridgehead atoms. The maximum atomic E-state index is 12.8. The summed E-state index contributed by atoms with van der Waals surface area (Å²) in [5.74, 6) is 0.487. The Kier molecular flexibility index (Phi) is 5.56. The van der Waals surface area contributed by atoms with E-state index < -0.39 is 0 Å². The summed E-state index contributed by atoms with van der Waals surface area (Å²) < 4.78 is 7.42. The van der Waals surface area contributed by atoms with Gasteiger partial charge in [0.1, 0.15) is 16.2 Å². The van der Waals surface area contributed by atoms with Crippen LogP contribution in [0.3, 0.4) is 0 Å². The minimum Gasteiger partial charge on any atom is -0.383 e. The monoisotopic (exact) mass is 375 g/mol. The Morgan fingerprint density at radius 1 is 1.40 bits per heavy atom. The van der Waals surface area contributed by atoms with Crippen molar-refractivity contribution in [3.8, 4) is 0 Å². The Morgan fingerprint density at radius 2 is 2.20 bits per heavy atom. The van der Waals surface area contributed by atoms with E-state index >= 15 is 0 Å². The molecule has 7 heteroatoms. The molecule has 0 aliphatic rings. The first-order chi connectivity index (χ1) is 12.0. The van der Waals surface area contributed by atoms with Gasteiger partial charge in [-0.1, -0.05) is 11.8 Å². The number of nitrogens with zero attached hydrogens (tertiary/aromatic N) is 3. The second kappa shape index (κ2) is 7.68. The smallest absolute Gasteiger partial charge is 0.174 e. The molecule has 0 aromatic carbocycles. The third-order valence-corrected chi connectivity index (χ3v) is 6.02. The Morgan fingerprint density at radius 3 is 2.96 bits per heavy atom. The van der Waals surface area contributed by atoms with Crippen LogP contribution in [0, 0.1) is 13.8 Å². The van der Waals surface area contributed by atoms with Crippen LogP contribution < -0.4 is 0 Å². The van der Waals surface area contributed by atoms with Crippen molar-refractivity contribution in [2.75, 3.05) is 19.5 Å². The molecule has 0 unspecified atom stereocenters. The van der Waals surface area contributed by atoms with Crippen molar-refractivity contribution in [3.05, 3.63) is 40.8 Å². The molecular weight excluding hydrogens is 354 g/mol. The highest BCUT2D eigenvalue weighted by atomic mass is 32.2. The summed E-state index contributed by atoms with van der Waals surface area (Å²) in [6, 6.07) is 4.18. The summed E-state index contributed by atoms with van der Waals surface area (Å²) in [6.07, 6.45) is 1.56. The van der Waals surface area contributed by atoms with Gasteiger partial charge in [0.2, 0.25) is 0 Å². The lowest BCUT2D eigenvalue weighted by Crippen LogP contribution is -2.14. The first-order valence-electron chi connectivity index (χ1n) is 8.04. The third-order valence-electron chi connectivity index (χ3n) is 4.20. The molecule has 5 nitrogen and oxygen atoms in total. The number of carbonyl (C=O) groups excluding carboxylic acids is 1. The van der Waals surface area contributed by atoms with Crippen molar-refractivity contribution in [2.24, 2.45) is 0 Å². The number of carbonyl (C=O) groups is 1. The number of thioether (sulfide) groups is 1. The van der Waals surface area contributed by atoms with E-state index in [0.717, 1.165) is 32.2 Å². The van der Waals surface area contributed by atoms with Crippen LogP contribution in [0.2, 0.25) is 0 Å². The summed E-state index contributed by atoms with van der Waals surface area (Å²) >= 11 is 3.06. The van der Waals surface area contributed by atoms with Gasteiger partial charge in [0.05, 0.1) is 18.4 Å². The van der Waals surface area contributed by atoms with Gasteiger partial charge in [-0.15, -0.1) is 11.3 Å². The number of Topliss-reactive ketones (excluding diaryl/α,β-unsaturated/α-hetero) is 1. The molecule has 0 amide bonds. The molecule has 3 aromatic heterocycles. The summed E-state index contributed by atoms with van der Waals surface area (Å²) in [7, 11) is 1.69. The summed E-state index contributed by atoms with van der Waals surface area (Å²) in [5.41, 5.74) is 2.86. The fourth-order valence-corrected chi connectivity index (χ4v) is 4.81. The number of aromatic nitrogens is 3. The highest BCUT2D eigenvalue weighted by Gasteiger charge is 2.19. The molecule has 25 heavy (non-hydrogen) atoms. The predicted molar refractivity (Wildman–Crippen MR) is 103 cm³/mol. The molecule has 0 saturated heterocycles. The van der Waals surface area contributed by atoms with Crippen molar-refractivity contribution in [3.63, 3.8) is 0 Å². The van der Waals surface area contributed by atoms with Crippen LogP contribution in [0.4, 0.5) is 0 Å². The fourth-order valence-electron chi connectivity index (χ4n) is 3.15. The molecule has 0 spiro atoms. The molecule has 3 heterocycles. The zero-order chi connectivity index (χ0) is 18.0. The lowest BCUT2D eigenvalue weighted by Gasteiger charge is -2.17. The van der Waals surface area contributed by atoms with Gasteiger partial charge in [0, 0.05) is 29.4 Å². The van der Waals surface area contributed by atoms with E-state index in [9.17, 15) is 4.79 Å². The van der Waals surface area contributed by atoms with E-state index in [1.54, 1.807) is 24.8 Å². The molecule has 0 N–H and O–H groups in total. The quantitative estimate of drug-likeness (QED) is 0.350. The molecule has 0 aliphatic heterocycles. The van der Waals surface area contributed by atoms with E-state index in [2.05, 4.69) is 21.5 Å². The van der Waals surface area contributed by atoms with E-state index in [1.807, 2.05) is 31.4 Å². The second-order valence-electron chi connectivity index (χ2n) is 5.99. The first-order valence-corrected chi connectivity index (χ1v) is 9.91. The molecule has 0 fully saturated rings. The van der Waals surface area contributed by atoms with Crippen molar-refractivity contribution in [1.82, 2.24) is 14.5 Å². The van der Waals surface area contributed by atoms with Crippen molar-refractivity contribution < 1.29 is 9.53 Å². The minimum atomic E-state index is 0.121. The van der Waals surface area contributed by atoms with Crippen LogP contribution in [0.1, 0.15) is 34.7 Å². The number of ether oxygens (including phenoxy) is 1. The van der Waals surface area contributed by atoms with Gasteiger partial charge in [-0.3, -0.25) is 4.79 Å². The SMILES string of the molecule is COC[C@H](C)n1c(C)cc(C(=O)CSc2ncnc3sccc23)c1C. The van der Waals surface area contributed by atoms with Gasteiger partial charge >= 0.3 is 0 Å². The number of ketones is 1. The van der Waals surface area contributed by atoms with Crippen LogP contribution in [-0.4, -0.2) is 39.8 Å². The molecule has 0 aliphatic carbocycles. The van der Waals surface area contributed by atoms with E-state index in [-0.39, 0.29) is 11.8 Å². The summed E-state index contributed by atoms with van der Waals surface area (Å²) in [5, 5.41) is 3.88. The number of methoxy groups -OCH3 is 1. The average molecular weight is 376 g/mol. The molecular formula is C18H21N3O2S2. The fraction of sp³-hybridized carbons (Fsp3) is 0.389. The highest BCUT2D eigenvalue weighted by molar-refractivity contribution is 8.00. The summed E-state index contributed by atoms with van der Waals surface area (Å²) in [4.78, 5) is 22.3. The maximum Gasteiger partial charge on any atom is 0.174 e. The molecule has 132 valence electrons. The van der Waals surface area contributed by atoms with Gasteiger partial charge in [-0.25, -0.2) is 9.97 Å². The Labute approximate surface area is 155 Å². The highest BCUT2D eigenvalue weighted by Crippen LogP contribution is 2.29. The van der Waals surface area contributed by atoms with Crippen LogP contribution >= 0.6 is 23.1 Å². The number of thiophene rings is 1. The van der Waals surface area contributed by atoms with Gasteiger partial charge in [0.15, 0.2) is 5.78 Å². The van der Waals surface area contributed by atoms with Crippen LogP contribution in [0.15, 0.2) is 28.9 Å². The second-order valence-corrected chi connectivity index (χ2v) is 7.85. The third kappa shape index (κ3) is 3.63. The van der Waals surface area contributed by atoms with Gasteiger partial charge in [-0.05, 0) is 38.3 Å². The normalized spacial score (nSPS) is 12.6. The number of aryl methyl sites for hydroxylation is 1. The molecule has 3 rings (SSSR count). The first kappa shape index (κ1) is 18.1. The number of rotatable bonds is 7. The average Bonchev–Trinajstić information content (AvgIpc) is 3.17. The lowest BCUT2D eigenvalue weighted by molar-refractivity contribution is 0.102. The summed E-state index contributed by atoms with van der Waals surface area (Å²) in [6.45, 7) is 6.75. The molecule has 0 saturated carbocycles. The molecule has 3 aromatic rings. The lowest BCUT2D eigenvalue weighted by atomic mass is 10.2. The largest absolute Gasteiger partial charge is 0.383 e. The van der Waals surface area contributed by atoms with Gasteiger partial charge in [0.25, 0.3) is 0 Å².